The average Bonchev–Trinajstić information content (AvgIpc) is 3.07. The highest BCUT2D eigenvalue weighted by molar-refractivity contribution is 7.92. The topological polar surface area (TPSA) is 111 Å². The summed E-state index contributed by atoms with van der Waals surface area (Å²) in [7, 11) is -3.82. The minimum absolute atomic E-state index is 0.0286. The minimum Gasteiger partial charge on any atom is -0.493 e. The fourth-order valence-corrected chi connectivity index (χ4v) is 3.45. The number of anilines is 2. The lowest BCUT2D eigenvalue weighted by atomic mass is 10.2. The maximum absolute atomic E-state index is 12.5. The largest absolute Gasteiger partial charge is 0.493 e. The van der Waals surface area contributed by atoms with Crippen LogP contribution in [0.4, 0.5) is 11.5 Å². The second-order valence-corrected chi connectivity index (χ2v) is 7.52. The molecule has 0 aliphatic carbocycles. The van der Waals surface area contributed by atoms with Crippen molar-refractivity contribution in [3.63, 3.8) is 0 Å². The van der Waals surface area contributed by atoms with Gasteiger partial charge in [-0.05, 0) is 50.2 Å². The molecule has 0 unspecified atom stereocenters. The lowest BCUT2D eigenvalue weighted by molar-refractivity contribution is 0.102. The van der Waals surface area contributed by atoms with E-state index < -0.39 is 10.0 Å². The molecule has 1 amide bonds. The van der Waals surface area contributed by atoms with Gasteiger partial charge in [-0.3, -0.25) is 9.52 Å². The average molecular weight is 401 g/mol. The number of aromatic nitrogens is 1. The van der Waals surface area contributed by atoms with Gasteiger partial charge in [-0.15, -0.1) is 0 Å². The van der Waals surface area contributed by atoms with Crippen LogP contribution in [0.5, 0.6) is 5.75 Å². The SMILES string of the molecule is CCOc1ccccc1C(=O)Nc1ccc(S(=O)(=O)Nc2cc(C)on2)cc1. The molecule has 8 nitrogen and oxygen atoms in total. The van der Waals surface area contributed by atoms with Gasteiger partial charge in [0.05, 0.1) is 17.1 Å². The van der Waals surface area contributed by atoms with E-state index in [9.17, 15) is 13.2 Å². The molecule has 0 aliphatic rings. The number of para-hydroxylation sites is 1. The molecular formula is C19H19N3O5S. The van der Waals surface area contributed by atoms with Gasteiger partial charge in [0.25, 0.3) is 15.9 Å². The van der Waals surface area contributed by atoms with E-state index >= 15 is 0 Å². The van der Waals surface area contributed by atoms with Crippen molar-refractivity contribution in [2.45, 2.75) is 18.7 Å². The molecule has 3 rings (SSSR count). The van der Waals surface area contributed by atoms with Crippen LogP contribution in [0.25, 0.3) is 0 Å². The Kier molecular flexibility index (Phi) is 5.65. The third-order valence-electron chi connectivity index (χ3n) is 3.72. The maximum Gasteiger partial charge on any atom is 0.263 e. The van der Waals surface area contributed by atoms with Gasteiger partial charge < -0.3 is 14.6 Å². The van der Waals surface area contributed by atoms with Crippen molar-refractivity contribution in [2.24, 2.45) is 0 Å². The summed E-state index contributed by atoms with van der Waals surface area (Å²) in [5.74, 6) is 0.718. The number of nitrogens with zero attached hydrogens (tertiary/aromatic N) is 1. The summed E-state index contributed by atoms with van der Waals surface area (Å²) in [5, 5.41) is 6.33. The number of aryl methyl sites for hydroxylation is 1. The highest BCUT2D eigenvalue weighted by Crippen LogP contribution is 2.21. The molecule has 0 aliphatic heterocycles. The maximum atomic E-state index is 12.5. The van der Waals surface area contributed by atoms with Gasteiger partial charge in [0.1, 0.15) is 11.5 Å². The lowest BCUT2D eigenvalue weighted by Crippen LogP contribution is -2.15. The summed E-state index contributed by atoms with van der Waals surface area (Å²) in [6.07, 6.45) is 0. The predicted octanol–water partition coefficient (Wildman–Crippen LogP) is 3.43. The lowest BCUT2D eigenvalue weighted by Gasteiger charge is -2.11. The second-order valence-electron chi connectivity index (χ2n) is 5.84. The van der Waals surface area contributed by atoms with Gasteiger partial charge in [0.2, 0.25) is 0 Å². The van der Waals surface area contributed by atoms with Crippen molar-refractivity contribution in [3.8, 4) is 5.75 Å². The number of sulfonamides is 1. The molecule has 0 saturated heterocycles. The zero-order valence-corrected chi connectivity index (χ0v) is 16.1. The standard InChI is InChI=1S/C19H19N3O5S/c1-3-26-17-7-5-4-6-16(17)19(23)20-14-8-10-15(11-9-14)28(24,25)22-18-12-13(2)27-21-18/h4-12H,3H2,1-2H3,(H,20,23)(H,21,22). The van der Waals surface area contributed by atoms with Gasteiger partial charge in [0.15, 0.2) is 5.82 Å². The van der Waals surface area contributed by atoms with Crippen molar-refractivity contribution < 1.29 is 22.5 Å². The van der Waals surface area contributed by atoms with Gasteiger partial charge in [-0.2, -0.15) is 0 Å². The molecule has 0 atom stereocenters. The normalized spacial score (nSPS) is 11.1. The van der Waals surface area contributed by atoms with E-state index in [1.54, 1.807) is 31.2 Å². The smallest absolute Gasteiger partial charge is 0.263 e. The Morgan fingerprint density at radius 3 is 2.50 bits per heavy atom. The highest BCUT2D eigenvalue weighted by Gasteiger charge is 2.17. The Morgan fingerprint density at radius 1 is 1.14 bits per heavy atom. The van der Waals surface area contributed by atoms with Crippen LogP contribution >= 0.6 is 0 Å². The van der Waals surface area contributed by atoms with E-state index in [0.29, 0.717) is 29.4 Å². The molecule has 1 heterocycles. The molecule has 3 aromatic rings. The Bertz CT molecular complexity index is 1070. The molecular weight excluding hydrogens is 382 g/mol. The van der Waals surface area contributed by atoms with Crippen LogP contribution in [-0.4, -0.2) is 26.1 Å². The predicted molar refractivity (Wildman–Crippen MR) is 104 cm³/mol. The van der Waals surface area contributed by atoms with E-state index in [2.05, 4.69) is 15.2 Å². The number of amides is 1. The first-order valence-corrected chi connectivity index (χ1v) is 9.97. The molecule has 28 heavy (non-hydrogen) atoms. The number of carbonyl (C=O) groups excluding carboxylic acids is 1. The van der Waals surface area contributed by atoms with E-state index in [4.69, 9.17) is 9.26 Å². The summed E-state index contributed by atoms with van der Waals surface area (Å²) >= 11 is 0. The number of benzene rings is 2. The third-order valence-corrected chi connectivity index (χ3v) is 5.09. The minimum atomic E-state index is -3.82. The summed E-state index contributed by atoms with van der Waals surface area (Å²) in [5.41, 5.74) is 0.844. The van der Waals surface area contributed by atoms with Gasteiger partial charge in [-0.25, -0.2) is 8.42 Å². The molecule has 146 valence electrons. The number of hydrogen-bond donors (Lipinski definition) is 2. The number of hydrogen-bond acceptors (Lipinski definition) is 6. The van der Waals surface area contributed by atoms with Crippen molar-refractivity contribution in [1.82, 2.24) is 5.16 Å². The van der Waals surface area contributed by atoms with Crippen molar-refractivity contribution in [1.29, 1.82) is 0 Å². The first kappa shape index (κ1) is 19.4. The van der Waals surface area contributed by atoms with Crippen molar-refractivity contribution in [3.05, 3.63) is 65.9 Å². The number of rotatable bonds is 7. The van der Waals surface area contributed by atoms with Gasteiger partial charge >= 0.3 is 0 Å². The van der Waals surface area contributed by atoms with Crippen molar-refractivity contribution >= 4 is 27.4 Å². The van der Waals surface area contributed by atoms with Crippen LogP contribution in [0.3, 0.4) is 0 Å². The van der Waals surface area contributed by atoms with E-state index in [0.717, 1.165) is 0 Å². The molecule has 2 aromatic carbocycles. The molecule has 1 aromatic heterocycles. The van der Waals surface area contributed by atoms with Crippen LogP contribution < -0.4 is 14.8 Å². The zero-order chi connectivity index (χ0) is 20.1. The van der Waals surface area contributed by atoms with Crippen LogP contribution in [0, 0.1) is 6.92 Å². The first-order valence-electron chi connectivity index (χ1n) is 8.48. The van der Waals surface area contributed by atoms with Gasteiger partial charge in [-0.1, -0.05) is 17.3 Å². The molecule has 2 N–H and O–H groups in total. The van der Waals surface area contributed by atoms with Crippen LogP contribution in [0.2, 0.25) is 0 Å². The first-order chi connectivity index (χ1) is 13.4. The van der Waals surface area contributed by atoms with Gasteiger partial charge in [0, 0.05) is 11.8 Å². The summed E-state index contributed by atoms with van der Waals surface area (Å²) in [4.78, 5) is 12.5. The van der Waals surface area contributed by atoms with Crippen LogP contribution in [0.15, 0.2) is 64.0 Å². The zero-order valence-electron chi connectivity index (χ0n) is 15.3. The Balaban J connectivity index is 1.73. The molecule has 0 radical (unpaired) electrons. The van der Waals surface area contributed by atoms with E-state index in [1.165, 1.54) is 30.3 Å². The Labute approximate surface area is 162 Å². The second kappa shape index (κ2) is 8.13. The fraction of sp³-hybridized carbons (Fsp3) is 0.158. The monoisotopic (exact) mass is 401 g/mol. The van der Waals surface area contributed by atoms with Crippen molar-refractivity contribution in [2.75, 3.05) is 16.6 Å². The van der Waals surface area contributed by atoms with E-state index in [1.807, 2.05) is 6.92 Å². The number of ether oxygens (including phenoxy) is 1. The van der Waals surface area contributed by atoms with Crippen LogP contribution in [0.1, 0.15) is 23.0 Å². The summed E-state index contributed by atoms with van der Waals surface area (Å²) < 4.78 is 37.4. The summed E-state index contributed by atoms with van der Waals surface area (Å²) in [6, 6.07) is 14.2. The van der Waals surface area contributed by atoms with E-state index in [-0.39, 0.29) is 16.6 Å². The third kappa shape index (κ3) is 4.49. The molecule has 9 heteroatoms. The highest BCUT2D eigenvalue weighted by atomic mass is 32.2. The number of carbonyl (C=O) groups is 1. The van der Waals surface area contributed by atoms with Crippen LogP contribution in [-0.2, 0) is 10.0 Å². The molecule has 0 saturated carbocycles. The quantitative estimate of drug-likeness (QED) is 0.627. The number of nitrogens with one attached hydrogen (secondary N) is 2. The summed E-state index contributed by atoms with van der Waals surface area (Å²) in [6.45, 7) is 3.93. The Hall–Kier alpha value is -3.33. The fourth-order valence-electron chi connectivity index (χ4n) is 2.46. The molecule has 0 spiro atoms. The molecule has 0 fully saturated rings. The Morgan fingerprint density at radius 2 is 1.86 bits per heavy atom. The molecule has 0 bridgehead atoms.